The van der Waals surface area contributed by atoms with Crippen molar-refractivity contribution in [2.75, 3.05) is 54.4 Å². The first-order valence-corrected chi connectivity index (χ1v) is 15.9. The molecular weight excluding hydrogens is 564 g/mol. The Labute approximate surface area is 252 Å². The molecule has 0 spiro atoms. The van der Waals surface area contributed by atoms with Gasteiger partial charge in [-0.3, -0.25) is 9.59 Å². The lowest BCUT2D eigenvalue weighted by atomic mass is 9.94. The Morgan fingerprint density at radius 3 is 2.12 bits per heavy atom. The number of nitrogens with two attached hydrogens (primary N) is 1. The molecule has 0 unspecified atom stereocenters. The van der Waals surface area contributed by atoms with Crippen molar-refractivity contribution in [1.29, 1.82) is 5.26 Å². The molecule has 2 aliphatic heterocycles. The molecule has 0 aliphatic carbocycles. The summed E-state index contributed by atoms with van der Waals surface area (Å²) in [4.78, 5) is 32.8. The summed E-state index contributed by atoms with van der Waals surface area (Å²) in [6, 6.07) is 20.1. The van der Waals surface area contributed by atoms with Gasteiger partial charge < -0.3 is 20.0 Å². The quantitative estimate of drug-likeness (QED) is 0.440. The number of hydrogen-bond acceptors (Lipinski definition) is 7. The van der Waals surface area contributed by atoms with Crippen LogP contribution >= 0.6 is 0 Å². The van der Waals surface area contributed by atoms with Crippen molar-refractivity contribution in [2.45, 2.75) is 31.6 Å². The predicted molar refractivity (Wildman–Crippen MR) is 167 cm³/mol. The molecule has 0 saturated carbocycles. The Kier molecular flexibility index (Phi) is 8.71. The van der Waals surface area contributed by atoms with Crippen LogP contribution in [0.2, 0.25) is 0 Å². The van der Waals surface area contributed by atoms with Crippen LogP contribution in [0.1, 0.15) is 39.9 Å². The number of amides is 2. The monoisotopic (exact) mass is 600 g/mol. The molecule has 5 rings (SSSR count). The molecule has 2 aliphatic rings. The molecule has 2 saturated heterocycles. The summed E-state index contributed by atoms with van der Waals surface area (Å²) in [5.41, 5.74) is 4.93. The Morgan fingerprint density at radius 2 is 1.47 bits per heavy atom. The van der Waals surface area contributed by atoms with Gasteiger partial charge in [-0.05, 0) is 68.1 Å². The molecule has 3 aromatic rings. The molecule has 224 valence electrons. The van der Waals surface area contributed by atoms with Crippen molar-refractivity contribution in [3.8, 4) is 6.07 Å². The number of primary sulfonamides is 1. The number of aryl methyl sites for hydroxylation is 2. The van der Waals surface area contributed by atoms with Gasteiger partial charge in [-0.15, -0.1) is 0 Å². The second-order valence-electron chi connectivity index (χ2n) is 11.2. The normalized spacial score (nSPS) is 16.1. The van der Waals surface area contributed by atoms with E-state index in [1.54, 1.807) is 35.2 Å². The number of nitriles is 1. The Morgan fingerprint density at radius 1 is 0.860 bits per heavy atom. The fourth-order valence-corrected chi connectivity index (χ4v) is 6.72. The van der Waals surface area contributed by atoms with Gasteiger partial charge in [0, 0.05) is 56.4 Å². The lowest BCUT2D eigenvalue weighted by molar-refractivity contribution is -0.120. The third-order valence-corrected chi connectivity index (χ3v) is 9.33. The zero-order chi connectivity index (χ0) is 30.7. The Balaban J connectivity index is 1.23. The Hall–Kier alpha value is -4.40. The second-order valence-corrected chi connectivity index (χ2v) is 12.7. The minimum atomic E-state index is -3.88. The number of para-hydroxylation sites is 2. The van der Waals surface area contributed by atoms with E-state index in [-0.39, 0.29) is 22.6 Å². The minimum absolute atomic E-state index is 0.0688. The number of sulfonamides is 1. The predicted octanol–water partition coefficient (Wildman–Crippen LogP) is 3.64. The van der Waals surface area contributed by atoms with Crippen LogP contribution in [-0.2, 0) is 14.8 Å². The van der Waals surface area contributed by atoms with Crippen LogP contribution in [0.25, 0.3) is 0 Å². The van der Waals surface area contributed by atoms with Gasteiger partial charge in [0.1, 0.15) is 11.0 Å². The van der Waals surface area contributed by atoms with E-state index >= 15 is 0 Å². The first-order valence-electron chi connectivity index (χ1n) is 14.4. The third-order valence-electron chi connectivity index (χ3n) is 8.37. The zero-order valence-corrected chi connectivity index (χ0v) is 25.2. The molecule has 2 amide bonds. The van der Waals surface area contributed by atoms with E-state index in [9.17, 15) is 23.3 Å². The van der Waals surface area contributed by atoms with Crippen LogP contribution in [0, 0.1) is 31.1 Å². The lowest BCUT2D eigenvalue weighted by Gasteiger charge is -2.37. The van der Waals surface area contributed by atoms with Gasteiger partial charge in [-0.2, -0.15) is 5.26 Å². The highest BCUT2D eigenvalue weighted by molar-refractivity contribution is 7.89. The van der Waals surface area contributed by atoms with Crippen LogP contribution in [0.3, 0.4) is 0 Å². The van der Waals surface area contributed by atoms with Gasteiger partial charge in [0.2, 0.25) is 15.9 Å². The molecule has 2 fully saturated rings. The molecule has 3 aromatic carbocycles. The molecule has 0 atom stereocenters. The second kappa shape index (κ2) is 12.5. The fraction of sp³-hybridized carbons (Fsp3) is 0.344. The average molecular weight is 601 g/mol. The summed E-state index contributed by atoms with van der Waals surface area (Å²) in [5.74, 6) is -0.365. The molecule has 11 heteroatoms. The highest BCUT2D eigenvalue weighted by Crippen LogP contribution is 2.29. The first kappa shape index (κ1) is 30.1. The van der Waals surface area contributed by atoms with Crippen molar-refractivity contribution in [1.82, 2.24) is 4.90 Å². The van der Waals surface area contributed by atoms with E-state index in [0.29, 0.717) is 74.6 Å². The largest absolute Gasteiger partial charge is 0.370 e. The number of piperidine rings is 1. The summed E-state index contributed by atoms with van der Waals surface area (Å²) in [6.45, 7) is 6.93. The van der Waals surface area contributed by atoms with Crippen LogP contribution in [-0.4, -0.2) is 64.4 Å². The number of hydrogen-bond donors (Lipinski definition) is 2. The van der Waals surface area contributed by atoms with Gasteiger partial charge in [-0.1, -0.05) is 30.3 Å². The number of nitrogens with one attached hydrogen (secondary N) is 1. The number of nitrogens with zero attached hydrogens (tertiary/aromatic N) is 4. The van der Waals surface area contributed by atoms with Gasteiger partial charge in [0.25, 0.3) is 5.91 Å². The summed E-state index contributed by atoms with van der Waals surface area (Å²) in [6.07, 6.45) is 1.34. The van der Waals surface area contributed by atoms with Crippen molar-refractivity contribution in [3.63, 3.8) is 0 Å². The number of carbonyl (C=O) groups excluding carboxylic acids is 2. The van der Waals surface area contributed by atoms with Crippen LogP contribution in [0.5, 0.6) is 0 Å². The molecule has 3 N–H and O–H groups in total. The van der Waals surface area contributed by atoms with Crippen molar-refractivity contribution >= 4 is 38.9 Å². The topological polar surface area (TPSA) is 140 Å². The molecular formula is C32H36N6O4S. The number of carbonyl (C=O) groups is 2. The van der Waals surface area contributed by atoms with E-state index < -0.39 is 10.0 Å². The number of piperazine rings is 1. The Bertz CT molecular complexity index is 1680. The maximum atomic E-state index is 13.6. The SMILES string of the molecule is Cc1cc(C)c(C(=O)N2CCN(c3ccccc3S(N)(=O)=O)CC2)cc1NC(=O)C1CCN(c2ccccc2C#N)CC1. The van der Waals surface area contributed by atoms with Crippen LogP contribution < -0.4 is 20.3 Å². The summed E-state index contributed by atoms with van der Waals surface area (Å²) in [5, 5.41) is 17.9. The number of benzene rings is 3. The molecule has 0 aromatic heterocycles. The van der Waals surface area contributed by atoms with Crippen molar-refractivity contribution < 1.29 is 18.0 Å². The zero-order valence-electron chi connectivity index (χ0n) is 24.4. The van der Waals surface area contributed by atoms with Gasteiger partial charge in [0.05, 0.1) is 16.9 Å². The number of anilines is 3. The lowest BCUT2D eigenvalue weighted by Crippen LogP contribution is -2.49. The van der Waals surface area contributed by atoms with Gasteiger partial charge in [0.15, 0.2) is 0 Å². The standard InChI is InChI=1S/C32H36N6O4S/c1-22-19-23(2)27(35-31(39)24-11-13-36(14-12-24)28-8-4-3-7-25(28)21-33)20-26(22)32(40)38-17-15-37(16-18-38)29-9-5-6-10-30(29)43(34,41)42/h3-10,19-20,24H,11-18H2,1-2H3,(H,35,39)(H2,34,41,42). The summed E-state index contributed by atoms with van der Waals surface area (Å²) in [7, 11) is -3.88. The first-order chi connectivity index (χ1) is 20.6. The minimum Gasteiger partial charge on any atom is -0.370 e. The molecule has 0 bridgehead atoms. The fourth-order valence-electron chi connectivity index (χ4n) is 5.96. The molecule has 0 radical (unpaired) electrons. The van der Waals surface area contributed by atoms with Crippen molar-refractivity contribution in [3.05, 3.63) is 82.9 Å². The van der Waals surface area contributed by atoms with E-state index in [0.717, 1.165) is 16.8 Å². The summed E-state index contributed by atoms with van der Waals surface area (Å²) < 4.78 is 24.1. The highest BCUT2D eigenvalue weighted by Gasteiger charge is 2.29. The van der Waals surface area contributed by atoms with E-state index in [2.05, 4.69) is 16.3 Å². The summed E-state index contributed by atoms with van der Waals surface area (Å²) >= 11 is 0. The molecule has 10 nitrogen and oxygen atoms in total. The molecule has 2 heterocycles. The average Bonchev–Trinajstić information content (AvgIpc) is 3.01. The van der Waals surface area contributed by atoms with E-state index in [1.165, 1.54) is 6.07 Å². The van der Waals surface area contributed by atoms with Crippen LogP contribution in [0.4, 0.5) is 17.1 Å². The van der Waals surface area contributed by atoms with E-state index in [4.69, 9.17) is 5.14 Å². The van der Waals surface area contributed by atoms with Gasteiger partial charge in [-0.25, -0.2) is 13.6 Å². The van der Waals surface area contributed by atoms with Crippen molar-refractivity contribution in [2.24, 2.45) is 11.1 Å². The van der Waals surface area contributed by atoms with Gasteiger partial charge >= 0.3 is 0 Å². The highest BCUT2D eigenvalue weighted by atomic mass is 32.2. The third kappa shape index (κ3) is 6.50. The van der Waals surface area contributed by atoms with Crippen LogP contribution in [0.15, 0.2) is 65.6 Å². The maximum absolute atomic E-state index is 13.6. The molecule has 43 heavy (non-hydrogen) atoms. The van der Waals surface area contributed by atoms with E-state index in [1.807, 2.05) is 43.0 Å². The maximum Gasteiger partial charge on any atom is 0.254 e. The number of rotatable bonds is 6. The smallest absolute Gasteiger partial charge is 0.254 e.